The number of rotatable bonds is 8. The predicted molar refractivity (Wildman–Crippen MR) is 98.2 cm³/mol. The zero-order valence-electron chi connectivity index (χ0n) is 14.5. The first kappa shape index (κ1) is 18.3. The summed E-state index contributed by atoms with van der Waals surface area (Å²) in [4.78, 5) is 0. The molecule has 0 radical (unpaired) electrons. The maximum absolute atomic E-state index is 5.85. The SMILES string of the molecule is CC(C)=CCCC(C)=CCn1cc(COc2ccc(Cl)cc2)nn1. The third-order valence-electron chi connectivity index (χ3n) is 3.50. The van der Waals surface area contributed by atoms with E-state index in [2.05, 4.69) is 43.2 Å². The normalized spacial score (nSPS) is 11.4. The number of nitrogens with zero attached hydrogens (tertiary/aromatic N) is 3. The van der Waals surface area contributed by atoms with Crippen molar-refractivity contribution >= 4 is 11.6 Å². The lowest BCUT2D eigenvalue weighted by Crippen LogP contribution is -1.97. The van der Waals surface area contributed by atoms with Crippen molar-refractivity contribution in [2.45, 2.75) is 46.8 Å². The Morgan fingerprint density at radius 1 is 1.17 bits per heavy atom. The number of ether oxygens (including phenoxy) is 1. The van der Waals surface area contributed by atoms with Gasteiger partial charge in [0, 0.05) is 5.02 Å². The van der Waals surface area contributed by atoms with Gasteiger partial charge in [0.15, 0.2) is 0 Å². The quantitative estimate of drug-likeness (QED) is 0.617. The van der Waals surface area contributed by atoms with Gasteiger partial charge < -0.3 is 4.74 Å². The second-order valence-electron chi connectivity index (χ2n) is 6.05. The molecule has 128 valence electrons. The highest BCUT2D eigenvalue weighted by Crippen LogP contribution is 2.16. The molecule has 0 amide bonds. The third-order valence-corrected chi connectivity index (χ3v) is 3.76. The molecule has 0 atom stereocenters. The highest BCUT2D eigenvalue weighted by Gasteiger charge is 2.02. The molecule has 1 aromatic heterocycles. The van der Waals surface area contributed by atoms with E-state index >= 15 is 0 Å². The summed E-state index contributed by atoms with van der Waals surface area (Å²) in [5, 5.41) is 8.96. The molecule has 4 nitrogen and oxygen atoms in total. The molecule has 0 saturated carbocycles. The van der Waals surface area contributed by atoms with E-state index in [-0.39, 0.29) is 0 Å². The van der Waals surface area contributed by atoms with Crippen molar-refractivity contribution in [1.29, 1.82) is 0 Å². The van der Waals surface area contributed by atoms with Crippen LogP contribution in [0.2, 0.25) is 5.02 Å². The molecule has 0 saturated heterocycles. The summed E-state index contributed by atoms with van der Waals surface area (Å²) < 4.78 is 7.49. The standard InChI is InChI=1S/C19H24ClN3O/c1-15(2)5-4-6-16(3)11-12-23-13-18(21-22-23)14-24-19-9-7-17(20)8-10-19/h5,7-11,13H,4,6,12,14H2,1-3H3. The Morgan fingerprint density at radius 3 is 2.62 bits per heavy atom. The Morgan fingerprint density at radius 2 is 1.92 bits per heavy atom. The molecule has 0 unspecified atom stereocenters. The van der Waals surface area contributed by atoms with Gasteiger partial charge in [-0.3, -0.25) is 0 Å². The van der Waals surface area contributed by atoms with E-state index < -0.39 is 0 Å². The van der Waals surface area contributed by atoms with Crippen LogP contribution in [0.5, 0.6) is 5.75 Å². The molecular weight excluding hydrogens is 322 g/mol. The second kappa shape index (κ2) is 9.28. The van der Waals surface area contributed by atoms with Gasteiger partial charge in [0.25, 0.3) is 0 Å². The molecule has 5 heteroatoms. The molecule has 0 aliphatic heterocycles. The van der Waals surface area contributed by atoms with Gasteiger partial charge in [0.05, 0.1) is 12.7 Å². The van der Waals surface area contributed by atoms with Crippen molar-refractivity contribution < 1.29 is 4.74 Å². The van der Waals surface area contributed by atoms with Crippen LogP contribution in [0.15, 0.2) is 53.8 Å². The van der Waals surface area contributed by atoms with Crippen LogP contribution in [0, 0.1) is 0 Å². The van der Waals surface area contributed by atoms with Crippen LogP contribution in [0.3, 0.4) is 0 Å². The molecule has 24 heavy (non-hydrogen) atoms. The maximum atomic E-state index is 5.85. The molecule has 1 aromatic carbocycles. The van der Waals surface area contributed by atoms with Crippen LogP contribution in [-0.2, 0) is 13.2 Å². The third kappa shape index (κ3) is 6.59. The fraction of sp³-hybridized carbons (Fsp3) is 0.368. The van der Waals surface area contributed by atoms with Crippen LogP contribution >= 0.6 is 11.6 Å². The van der Waals surface area contributed by atoms with Gasteiger partial charge in [-0.15, -0.1) is 5.10 Å². The lowest BCUT2D eigenvalue weighted by Gasteiger charge is -2.03. The number of benzene rings is 1. The van der Waals surface area contributed by atoms with Crippen LogP contribution in [-0.4, -0.2) is 15.0 Å². The smallest absolute Gasteiger partial charge is 0.134 e. The molecule has 0 spiro atoms. The van der Waals surface area contributed by atoms with Gasteiger partial charge >= 0.3 is 0 Å². The van der Waals surface area contributed by atoms with Gasteiger partial charge in [-0.2, -0.15) is 0 Å². The van der Waals surface area contributed by atoms with Crippen molar-refractivity contribution in [2.75, 3.05) is 0 Å². The van der Waals surface area contributed by atoms with Crippen LogP contribution in [0.25, 0.3) is 0 Å². The van der Waals surface area contributed by atoms with Crippen LogP contribution < -0.4 is 4.74 Å². The van der Waals surface area contributed by atoms with E-state index in [0.29, 0.717) is 11.6 Å². The summed E-state index contributed by atoms with van der Waals surface area (Å²) in [6, 6.07) is 7.28. The van der Waals surface area contributed by atoms with Crippen LogP contribution in [0.1, 0.15) is 39.3 Å². The number of hydrogen-bond donors (Lipinski definition) is 0. The van der Waals surface area contributed by atoms with E-state index in [0.717, 1.165) is 30.8 Å². The fourth-order valence-electron chi connectivity index (χ4n) is 2.12. The number of halogens is 1. The minimum atomic E-state index is 0.394. The Kier molecular flexibility index (Phi) is 7.07. The molecule has 0 bridgehead atoms. The first-order valence-corrected chi connectivity index (χ1v) is 8.47. The topological polar surface area (TPSA) is 39.9 Å². The maximum Gasteiger partial charge on any atom is 0.134 e. The zero-order chi connectivity index (χ0) is 17.4. The van der Waals surface area contributed by atoms with Crippen LogP contribution in [0.4, 0.5) is 0 Å². The number of hydrogen-bond acceptors (Lipinski definition) is 3. The predicted octanol–water partition coefficient (Wildman–Crippen LogP) is 5.20. The summed E-state index contributed by atoms with van der Waals surface area (Å²) in [6.45, 7) is 7.53. The zero-order valence-corrected chi connectivity index (χ0v) is 15.3. The van der Waals surface area contributed by atoms with Crippen molar-refractivity contribution in [2.24, 2.45) is 0 Å². The number of allylic oxidation sites excluding steroid dienone is 4. The molecule has 0 fully saturated rings. The summed E-state index contributed by atoms with van der Waals surface area (Å²) in [5.74, 6) is 0.768. The summed E-state index contributed by atoms with van der Waals surface area (Å²) in [6.07, 6.45) is 8.53. The molecule has 0 aliphatic rings. The molecule has 0 aliphatic carbocycles. The van der Waals surface area contributed by atoms with Gasteiger partial charge in [-0.1, -0.05) is 40.1 Å². The Hall–Kier alpha value is -2.07. The Balaban J connectivity index is 1.80. The van der Waals surface area contributed by atoms with E-state index in [4.69, 9.17) is 16.3 Å². The first-order chi connectivity index (χ1) is 11.5. The summed E-state index contributed by atoms with van der Waals surface area (Å²) in [7, 11) is 0. The minimum Gasteiger partial charge on any atom is -0.487 e. The van der Waals surface area contributed by atoms with E-state index in [9.17, 15) is 0 Å². The van der Waals surface area contributed by atoms with Gasteiger partial charge in [0.1, 0.15) is 18.1 Å². The summed E-state index contributed by atoms with van der Waals surface area (Å²) >= 11 is 5.85. The lowest BCUT2D eigenvalue weighted by molar-refractivity contribution is 0.301. The molecule has 1 heterocycles. The highest BCUT2D eigenvalue weighted by atomic mass is 35.5. The van der Waals surface area contributed by atoms with Crippen molar-refractivity contribution in [1.82, 2.24) is 15.0 Å². The molecule has 2 rings (SSSR count). The second-order valence-corrected chi connectivity index (χ2v) is 6.48. The summed E-state index contributed by atoms with van der Waals surface area (Å²) in [5.41, 5.74) is 3.53. The minimum absolute atomic E-state index is 0.394. The van der Waals surface area contributed by atoms with E-state index in [1.807, 2.05) is 23.0 Å². The lowest BCUT2D eigenvalue weighted by atomic mass is 10.1. The van der Waals surface area contributed by atoms with Crippen molar-refractivity contribution in [3.8, 4) is 5.75 Å². The van der Waals surface area contributed by atoms with Crippen molar-refractivity contribution in [3.63, 3.8) is 0 Å². The Bertz CT molecular complexity index is 698. The van der Waals surface area contributed by atoms with Gasteiger partial charge in [-0.25, -0.2) is 4.68 Å². The average Bonchev–Trinajstić information content (AvgIpc) is 3.00. The largest absolute Gasteiger partial charge is 0.487 e. The average molecular weight is 346 g/mol. The Labute approximate surface area is 148 Å². The van der Waals surface area contributed by atoms with Crippen molar-refractivity contribution in [3.05, 3.63) is 64.5 Å². The van der Waals surface area contributed by atoms with Gasteiger partial charge in [0.2, 0.25) is 0 Å². The molecule has 0 N–H and O–H groups in total. The highest BCUT2D eigenvalue weighted by molar-refractivity contribution is 6.30. The van der Waals surface area contributed by atoms with Gasteiger partial charge in [-0.05, 0) is 57.9 Å². The molecule has 2 aromatic rings. The first-order valence-electron chi connectivity index (χ1n) is 8.09. The van der Waals surface area contributed by atoms with E-state index in [1.54, 1.807) is 12.1 Å². The fourth-order valence-corrected chi connectivity index (χ4v) is 2.25. The van der Waals surface area contributed by atoms with E-state index in [1.165, 1.54) is 11.1 Å². The monoisotopic (exact) mass is 345 g/mol. The number of aromatic nitrogens is 3. The molecular formula is C19H24ClN3O.